The molecule has 27 heavy (non-hydrogen) atoms. The number of halogens is 2. The SMILES string of the molecule is CCCCc1nc(N)c2[nH]cc(CCCCCN3CCC(F)(F)CC3)c2n1. The minimum absolute atomic E-state index is 0.00380. The van der Waals surface area contributed by atoms with Gasteiger partial charge in [0.1, 0.15) is 11.3 Å². The van der Waals surface area contributed by atoms with Crippen LogP contribution in [0.3, 0.4) is 0 Å². The van der Waals surface area contributed by atoms with Crippen LogP contribution in [0.25, 0.3) is 11.0 Å². The molecular formula is C20H31F2N5. The van der Waals surface area contributed by atoms with Crippen molar-refractivity contribution in [3.05, 3.63) is 17.6 Å². The van der Waals surface area contributed by atoms with Crippen LogP contribution in [0.2, 0.25) is 0 Å². The lowest BCUT2D eigenvalue weighted by atomic mass is 10.1. The summed E-state index contributed by atoms with van der Waals surface area (Å²) in [5, 5.41) is 0. The van der Waals surface area contributed by atoms with E-state index < -0.39 is 5.92 Å². The summed E-state index contributed by atoms with van der Waals surface area (Å²) in [7, 11) is 0. The summed E-state index contributed by atoms with van der Waals surface area (Å²) in [6.45, 7) is 4.11. The van der Waals surface area contributed by atoms with Gasteiger partial charge in [-0.05, 0) is 37.8 Å². The average molecular weight is 379 g/mol. The molecule has 7 heteroatoms. The molecule has 0 aromatic carbocycles. The number of anilines is 1. The number of fused-ring (bicyclic) bond motifs is 1. The first-order chi connectivity index (χ1) is 13.0. The molecule has 5 nitrogen and oxygen atoms in total. The van der Waals surface area contributed by atoms with Gasteiger partial charge in [-0.2, -0.15) is 0 Å². The van der Waals surface area contributed by atoms with E-state index in [9.17, 15) is 8.78 Å². The third-order valence-corrected chi connectivity index (χ3v) is 5.44. The molecular weight excluding hydrogens is 348 g/mol. The minimum atomic E-state index is -2.45. The molecule has 1 aliphatic rings. The molecule has 3 heterocycles. The van der Waals surface area contributed by atoms with E-state index in [4.69, 9.17) is 10.7 Å². The van der Waals surface area contributed by atoms with Crippen molar-refractivity contribution >= 4 is 16.9 Å². The van der Waals surface area contributed by atoms with Crippen molar-refractivity contribution in [1.82, 2.24) is 19.9 Å². The summed E-state index contributed by atoms with van der Waals surface area (Å²) in [6, 6.07) is 0. The zero-order valence-electron chi connectivity index (χ0n) is 16.2. The first-order valence-corrected chi connectivity index (χ1v) is 10.2. The predicted molar refractivity (Wildman–Crippen MR) is 105 cm³/mol. The average Bonchev–Trinajstić information content (AvgIpc) is 3.04. The zero-order chi connectivity index (χ0) is 19.3. The zero-order valence-corrected chi connectivity index (χ0v) is 16.2. The molecule has 150 valence electrons. The van der Waals surface area contributed by atoms with Crippen LogP contribution in [-0.2, 0) is 12.8 Å². The van der Waals surface area contributed by atoms with E-state index in [0.29, 0.717) is 18.9 Å². The van der Waals surface area contributed by atoms with E-state index in [1.807, 2.05) is 6.20 Å². The Labute approximate surface area is 159 Å². The fraction of sp³-hybridized carbons (Fsp3) is 0.700. The van der Waals surface area contributed by atoms with Crippen LogP contribution in [0.1, 0.15) is 63.3 Å². The standard InChI is InChI=1S/C20H31F2N5/c1-2-3-8-16-25-17-15(14-24-18(17)19(23)26-16)7-5-4-6-11-27-12-9-20(21,22)10-13-27/h14,24H,2-13H2,1H3,(H2,23,25,26). The topological polar surface area (TPSA) is 70.8 Å². The van der Waals surface area contributed by atoms with Crippen LogP contribution in [-0.4, -0.2) is 45.4 Å². The van der Waals surface area contributed by atoms with Gasteiger partial charge in [-0.1, -0.05) is 19.8 Å². The van der Waals surface area contributed by atoms with Gasteiger partial charge < -0.3 is 15.6 Å². The molecule has 1 saturated heterocycles. The van der Waals surface area contributed by atoms with Gasteiger partial charge in [-0.3, -0.25) is 0 Å². The first-order valence-electron chi connectivity index (χ1n) is 10.2. The van der Waals surface area contributed by atoms with Gasteiger partial charge in [0.25, 0.3) is 5.92 Å². The molecule has 0 unspecified atom stereocenters. The van der Waals surface area contributed by atoms with Crippen LogP contribution in [0.15, 0.2) is 6.20 Å². The second-order valence-corrected chi connectivity index (χ2v) is 7.67. The molecule has 2 aromatic rings. The first kappa shape index (κ1) is 20.0. The predicted octanol–water partition coefficient (Wildman–Crippen LogP) is 4.33. The number of nitrogens with zero attached hydrogens (tertiary/aromatic N) is 3. The Bertz CT molecular complexity index is 733. The van der Waals surface area contributed by atoms with E-state index in [2.05, 4.69) is 21.8 Å². The molecule has 0 spiro atoms. The van der Waals surface area contributed by atoms with Crippen molar-refractivity contribution in [2.75, 3.05) is 25.4 Å². The number of H-pyrrole nitrogens is 1. The maximum atomic E-state index is 13.2. The largest absolute Gasteiger partial charge is 0.382 e. The maximum Gasteiger partial charge on any atom is 0.250 e. The van der Waals surface area contributed by atoms with Gasteiger partial charge in [0.05, 0.1) is 5.52 Å². The summed E-state index contributed by atoms with van der Waals surface area (Å²) in [6.07, 6.45) is 9.17. The number of nitrogens with one attached hydrogen (secondary N) is 1. The number of aromatic nitrogens is 3. The number of likely N-dealkylation sites (tertiary alicyclic amines) is 1. The summed E-state index contributed by atoms with van der Waals surface area (Å²) < 4.78 is 26.4. The fourth-order valence-electron chi connectivity index (χ4n) is 3.70. The molecule has 1 aliphatic heterocycles. The van der Waals surface area contributed by atoms with E-state index in [0.717, 1.165) is 68.3 Å². The normalized spacial score (nSPS) is 17.6. The summed E-state index contributed by atoms with van der Waals surface area (Å²) in [4.78, 5) is 14.5. The molecule has 0 radical (unpaired) electrons. The van der Waals surface area contributed by atoms with Gasteiger partial charge in [-0.25, -0.2) is 18.7 Å². The molecule has 1 fully saturated rings. The van der Waals surface area contributed by atoms with Crippen LogP contribution < -0.4 is 5.73 Å². The molecule has 2 aromatic heterocycles. The van der Waals surface area contributed by atoms with Crippen molar-refractivity contribution in [3.63, 3.8) is 0 Å². The van der Waals surface area contributed by atoms with E-state index in [1.54, 1.807) is 0 Å². The Hall–Kier alpha value is -1.76. The monoisotopic (exact) mass is 379 g/mol. The third-order valence-electron chi connectivity index (χ3n) is 5.44. The lowest BCUT2D eigenvalue weighted by Gasteiger charge is -2.31. The second kappa shape index (κ2) is 8.95. The van der Waals surface area contributed by atoms with Crippen molar-refractivity contribution in [1.29, 1.82) is 0 Å². The number of rotatable bonds is 9. The number of piperidine rings is 1. The molecule has 0 saturated carbocycles. The number of hydrogen-bond acceptors (Lipinski definition) is 4. The number of unbranched alkanes of at least 4 members (excludes halogenated alkanes) is 3. The van der Waals surface area contributed by atoms with Crippen molar-refractivity contribution < 1.29 is 8.78 Å². The molecule has 0 atom stereocenters. The highest BCUT2D eigenvalue weighted by molar-refractivity contribution is 5.87. The molecule has 0 amide bonds. The number of nitrogens with two attached hydrogens (primary N) is 1. The smallest absolute Gasteiger partial charge is 0.250 e. The summed E-state index contributed by atoms with van der Waals surface area (Å²) in [5.74, 6) is -1.10. The minimum Gasteiger partial charge on any atom is -0.382 e. The fourth-order valence-corrected chi connectivity index (χ4v) is 3.70. The quantitative estimate of drug-likeness (QED) is 0.636. The van der Waals surface area contributed by atoms with E-state index >= 15 is 0 Å². The molecule has 3 N–H and O–H groups in total. The maximum absolute atomic E-state index is 13.2. The molecule has 3 rings (SSSR count). The number of nitrogen functional groups attached to an aromatic ring is 1. The van der Waals surface area contributed by atoms with Gasteiger partial charge in [0.2, 0.25) is 0 Å². The van der Waals surface area contributed by atoms with Crippen molar-refractivity contribution in [3.8, 4) is 0 Å². The number of aryl methyl sites for hydroxylation is 2. The van der Waals surface area contributed by atoms with E-state index in [1.165, 1.54) is 5.56 Å². The molecule has 0 aliphatic carbocycles. The van der Waals surface area contributed by atoms with Crippen LogP contribution in [0.5, 0.6) is 0 Å². The Morgan fingerprint density at radius 3 is 2.63 bits per heavy atom. The van der Waals surface area contributed by atoms with Gasteiger partial charge in [-0.15, -0.1) is 0 Å². The Kier molecular flexibility index (Phi) is 6.63. The summed E-state index contributed by atoms with van der Waals surface area (Å²) >= 11 is 0. The van der Waals surface area contributed by atoms with Gasteiger partial charge >= 0.3 is 0 Å². The highest BCUT2D eigenvalue weighted by atomic mass is 19.3. The van der Waals surface area contributed by atoms with Crippen molar-refractivity contribution in [2.45, 2.75) is 70.6 Å². The second-order valence-electron chi connectivity index (χ2n) is 7.67. The van der Waals surface area contributed by atoms with Gasteiger partial charge in [0.15, 0.2) is 5.82 Å². The Morgan fingerprint density at radius 1 is 1.11 bits per heavy atom. The summed E-state index contributed by atoms with van der Waals surface area (Å²) in [5.41, 5.74) is 9.05. The highest BCUT2D eigenvalue weighted by Gasteiger charge is 2.33. The van der Waals surface area contributed by atoms with E-state index in [-0.39, 0.29) is 12.8 Å². The van der Waals surface area contributed by atoms with Crippen LogP contribution in [0.4, 0.5) is 14.6 Å². The Morgan fingerprint density at radius 2 is 1.89 bits per heavy atom. The van der Waals surface area contributed by atoms with Crippen molar-refractivity contribution in [2.24, 2.45) is 0 Å². The number of hydrogen-bond donors (Lipinski definition) is 2. The molecule has 0 bridgehead atoms. The van der Waals surface area contributed by atoms with Gasteiger partial charge in [0, 0.05) is 38.5 Å². The van der Waals surface area contributed by atoms with Crippen LogP contribution >= 0.6 is 0 Å². The number of aromatic amines is 1. The Balaban J connectivity index is 1.47. The lowest BCUT2D eigenvalue weighted by Crippen LogP contribution is -2.39. The lowest BCUT2D eigenvalue weighted by molar-refractivity contribution is -0.0552. The third kappa shape index (κ3) is 5.37. The highest BCUT2D eigenvalue weighted by Crippen LogP contribution is 2.28. The van der Waals surface area contributed by atoms with Crippen LogP contribution in [0, 0.1) is 0 Å². The number of alkyl halides is 2.